The van der Waals surface area contributed by atoms with Crippen LogP contribution in [0, 0.1) is 5.82 Å². The van der Waals surface area contributed by atoms with E-state index in [1.54, 1.807) is 29.1 Å². The van der Waals surface area contributed by atoms with Crippen molar-refractivity contribution in [1.29, 1.82) is 0 Å². The summed E-state index contributed by atoms with van der Waals surface area (Å²) in [6.45, 7) is 0.452. The third-order valence-corrected chi connectivity index (χ3v) is 4.04. The van der Waals surface area contributed by atoms with Gasteiger partial charge in [0.25, 0.3) is 0 Å². The van der Waals surface area contributed by atoms with E-state index in [0.29, 0.717) is 22.3 Å². The molecule has 0 aliphatic rings. The van der Waals surface area contributed by atoms with Gasteiger partial charge in [0.15, 0.2) is 11.6 Å². The Morgan fingerprint density at radius 3 is 2.79 bits per heavy atom. The summed E-state index contributed by atoms with van der Waals surface area (Å²) in [6, 6.07) is 8.33. The van der Waals surface area contributed by atoms with Crippen molar-refractivity contribution in [2.45, 2.75) is 13.0 Å². The van der Waals surface area contributed by atoms with Gasteiger partial charge in [0.1, 0.15) is 0 Å². The minimum Gasteiger partial charge on any atom is -0.294 e. The summed E-state index contributed by atoms with van der Waals surface area (Å²) in [5, 5.41) is 5.45. The lowest BCUT2D eigenvalue weighted by Crippen LogP contribution is -2.08. The molecule has 7 heteroatoms. The molecule has 0 aliphatic carbocycles. The number of carbonyl (C=O) groups excluding carboxylic acids is 1. The van der Waals surface area contributed by atoms with E-state index in [2.05, 4.69) is 10.1 Å². The molecule has 24 heavy (non-hydrogen) atoms. The van der Waals surface area contributed by atoms with Crippen molar-refractivity contribution in [2.75, 3.05) is 0 Å². The van der Waals surface area contributed by atoms with Crippen LogP contribution in [0.2, 0.25) is 10.0 Å². The number of hydrogen-bond acceptors (Lipinski definition) is 3. The molecule has 4 nitrogen and oxygen atoms in total. The number of carbonyl (C=O) groups is 1. The number of pyridine rings is 1. The summed E-state index contributed by atoms with van der Waals surface area (Å²) in [6.07, 6.45) is 4.17. The zero-order chi connectivity index (χ0) is 17.1. The van der Waals surface area contributed by atoms with Gasteiger partial charge >= 0.3 is 0 Å². The highest BCUT2D eigenvalue weighted by Crippen LogP contribution is 2.21. The molecule has 0 saturated carbocycles. The zero-order valence-electron chi connectivity index (χ0n) is 12.4. The van der Waals surface area contributed by atoms with E-state index in [9.17, 15) is 9.18 Å². The second-order valence-electron chi connectivity index (χ2n) is 5.20. The SMILES string of the molecule is O=C(Cc1ccn(Cc2ccc(Cl)cc2Cl)n1)c1ccncc1F. The van der Waals surface area contributed by atoms with Crippen molar-refractivity contribution in [1.82, 2.24) is 14.8 Å². The summed E-state index contributed by atoms with van der Waals surface area (Å²) in [7, 11) is 0. The monoisotopic (exact) mass is 363 g/mol. The first kappa shape index (κ1) is 16.6. The molecule has 3 rings (SSSR count). The number of rotatable bonds is 5. The van der Waals surface area contributed by atoms with Crippen LogP contribution in [0.15, 0.2) is 48.9 Å². The predicted molar refractivity (Wildman–Crippen MR) is 90.0 cm³/mol. The van der Waals surface area contributed by atoms with Crippen molar-refractivity contribution in [2.24, 2.45) is 0 Å². The minimum absolute atomic E-state index is 0.0142. The predicted octanol–water partition coefficient (Wildman–Crippen LogP) is 4.20. The van der Waals surface area contributed by atoms with E-state index < -0.39 is 5.82 Å². The standard InChI is InChI=1S/C17H12Cl2FN3O/c18-12-2-1-11(15(19)7-12)10-23-6-4-13(22-23)8-17(24)14-3-5-21-9-16(14)20/h1-7,9H,8,10H2. The van der Waals surface area contributed by atoms with Crippen LogP contribution in [0.5, 0.6) is 0 Å². The quantitative estimate of drug-likeness (QED) is 0.638. The summed E-state index contributed by atoms with van der Waals surface area (Å²) in [5.41, 5.74) is 1.43. The molecule has 2 heterocycles. The molecule has 0 fully saturated rings. The molecule has 0 radical (unpaired) electrons. The molecule has 0 aliphatic heterocycles. The molecule has 0 spiro atoms. The Morgan fingerprint density at radius 2 is 2.04 bits per heavy atom. The molecular weight excluding hydrogens is 352 g/mol. The van der Waals surface area contributed by atoms with E-state index in [1.165, 1.54) is 12.3 Å². The Labute approximate surface area is 147 Å². The van der Waals surface area contributed by atoms with E-state index in [-0.39, 0.29) is 17.8 Å². The third kappa shape index (κ3) is 3.80. The second kappa shape index (κ2) is 7.11. The molecule has 122 valence electrons. The first-order valence-corrected chi connectivity index (χ1v) is 7.87. The first-order valence-electron chi connectivity index (χ1n) is 7.12. The van der Waals surface area contributed by atoms with E-state index in [0.717, 1.165) is 11.8 Å². The molecule has 3 aromatic rings. The molecule has 0 atom stereocenters. The van der Waals surface area contributed by atoms with E-state index in [4.69, 9.17) is 23.2 Å². The number of benzene rings is 1. The number of ketones is 1. The lowest BCUT2D eigenvalue weighted by Gasteiger charge is -2.05. The van der Waals surface area contributed by atoms with Crippen LogP contribution in [0.3, 0.4) is 0 Å². The number of Topliss-reactive ketones (excluding diaryl/α,β-unsaturated/α-hetero) is 1. The molecule has 0 saturated heterocycles. The van der Waals surface area contributed by atoms with E-state index in [1.807, 2.05) is 6.07 Å². The van der Waals surface area contributed by atoms with Gasteiger partial charge in [0.2, 0.25) is 0 Å². The average molecular weight is 364 g/mol. The topological polar surface area (TPSA) is 47.8 Å². The molecule has 0 N–H and O–H groups in total. The number of halogens is 3. The van der Waals surface area contributed by atoms with Gasteiger partial charge in [-0.2, -0.15) is 5.10 Å². The van der Waals surface area contributed by atoms with Crippen LogP contribution >= 0.6 is 23.2 Å². The molecule has 0 unspecified atom stereocenters. The summed E-state index contributed by atoms with van der Waals surface area (Å²) in [5.74, 6) is -0.973. The zero-order valence-corrected chi connectivity index (χ0v) is 13.9. The lowest BCUT2D eigenvalue weighted by atomic mass is 10.1. The molecular formula is C17H12Cl2FN3O. The molecule has 0 amide bonds. The van der Waals surface area contributed by atoms with Gasteiger partial charge in [-0.05, 0) is 29.8 Å². The fourth-order valence-corrected chi connectivity index (χ4v) is 2.74. The normalized spacial score (nSPS) is 10.8. The highest BCUT2D eigenvalue weighted by Gasteiger charge is 2.14. The number of nitrogens with zero attached hydrogens (tertiary/aromatic N) is 3. The Kier molecular flexibility index (Phi) is 4.92. The highest BCUT2D eigenvalue weighted by atomic mass is 35.5. The van der Waals surface area contributed by atoms with Crippen LogP contribution in [0.1, 0.15) is 21.6 Å². The smallest absolute Gasteiger partial charge is 0.171 e. The van der Waals surface area contributed by atoms with Crippen LogP contribution in [-0.2, 0) is 13.0 Å². The second-order valence-corrected chi connectivity index (χ2v) is 6.04. The Bertz CT molecular complexity index is 895. The van der Waals surface area contributed by atoms with Gasteiger partial charge in [-0.3, -0.25) is 14.5 Å². The van der Waals surface area contributed by atoms with Crippen LogP contribution in [-0.4, -0.2) is 20.5 Å². The van der Waals surface area contributed by atoms with E-state index >= 15 is 0 Å². The van der Waals surface area contributed by atoms with Crippen molar-refractivity contribution < 1.29 is 9.18 Å². The summed E-state index contributed by atoms with van der Waals surface area (Å²) in [4.78, 5) is 15.8. The van der Waals surface area contributed by atoms with Crippen LogP contribution < -0.4 is 0 Å². The lowest BCUT2D eigenvalue weighted by molar-refractivity contribution is 0.0987. The van der Waals surface area contributed by atoms with Crippen molar-refractivity contribution in [3.63, 3.8) is 0 Å². The molecule has 0 bridgehead atoms. The van der Waals surface area contributed by atoms with Crippen molar-refractivity contribution in [3.05, 3.63) is 81.6 Å². The largest absolute Gasteiger partial charge is 0.294 e. The molecule has 1 aromatic carbocycles. The first-order chi connectivity index (χ1) is 11.5. The minimum atomic E-state index is -0.630. The fourth-order valence-electron chi connectivity index (χ4n) is 2.27. The number of hydrogen-bond donors (Lipinski definition) is 0. The van der Waals surface area contributed by atoms with Crippen LogP contribution in [0.25, 0.3) is 0 Å². The van der Waals surface area contributed by atoms with Gasteiger partial charge in [-0.25, -0.2) is 4.39 Å². The molecule has 2 aromatic heterocycles. The third-order valence-electron chi connectivity index (χ3n) is 3.46. The van der Waals surface area contributed by atoms with Crippen molar-refractivity contribution >= 4 is 29.0 Å². The van der Waals surface area contributed by atoms with Crippen LogP contribution in [0.4, 0.5) is 4.39 Å². The maximum Gasteiger partial charge on any atom is 0.171 e. The Morgan fingerprint density at radius 1 is 1.21 bits per heavy atom. The highest BCUT2D eigenvalue weighted by molar-refractivity contribution is 6.35. The maximum absolute atomic E-state index is 13.6. The summed E-state index contributed by atoms with van der Waals surface area (Å²) < 4.78 is 15.2. The Hall–Kier alpha value is -2.24. The summed E-state index contributed by atoms with van der Waals surface area (Å²) >= 11 is 12.0. The van der Waals surface area contributed by atoms with Gasteiger partial charge in [-0.15, -0.1) is 0 Å². The average Bonchev–Trinajstić information content (AvgIpc) is 2.97. The maximum atomic E-state index is 13.6. The van der Waals surface area contributed by atoms with Gasteiger partial charge in [0.05, 0.1) is 30.4 Å². The van der Waals surface area contributed by atoms with Gasteiger partial charge in [-0.1, -0.05) is 29.3 Å². The Balaban J connectivity index is 1.72. The van der Waals surface area contributed by atoms with Crippen molar-refractivity contribution in [3.8, 4) is 0 Å². The fraction of sp³-hybridized carbons (Fsp3) is 0.118. The van der Waals surface area contributed by atoms with Gasteiger partial charge < -0.3 is 0 Å². The van der Waals surface area contributed by atoms with Gasteiger partial charge in [0, 0.05) is 22.4 Å². The number of aromatic nitrogens is 3.